The van der Waals surface area contributed by atoms with Crippen LogP contribution in [-0.4, -0.2) is 33.4 Å². The van der Waals surface area contributed by atoms with Gasteiger partial charge in [-0.05, 0) is 35.7 Å². The number of nitrogens with zero attached hydrogens (tertiary/aromatic N) is 3. The molecule has 1 amide bonds. The molecule has 2 aromatic heterocycles. The van der Waals surface area contributed by atoms with E-state index in [-0.39, 0.29) is 23.5 Å². The lowest BCUT2D eigenvalue weighted by molar-refractivity contribution is -0.141. The molecule has 2 heterocycles. The molecule has 3 rings (SSSR count). The largest absolute Gasteiger partial charge is 0.437 e. The summed E-state index contributed by atoms with van der Waals surface area (Å²) in [6, 6.07) is -0.170. The molecule has 2 aromatic rings. The van der Waals surface area contributed by atoms with E-state index in [1.165, 1.54) is 27.6 Å². The van der Waals surface area contributed by atoms with Crippen molar-refractivity contribution in [3.8, 4) is 0 Å². The fourth-order valence-corrected chi connectivity index (χ4v) is 3.54. The van der Waals surface area contributed by atoms with Gasteiger partial charge in [-0.15, -0.1) is 11.3 Å². The van der Waals surface area contributed by atoms with Gasteiger partial charge in [0.25, 0.3) is 5.91 Å². The van der Waals surface area contributed by atoms with Crippen molar-refractivity contribution in [2.45, 2.75) is 38.1 Å². The van der Waals surface area contributed by atoms with Crippen molar-refractivity contribution >= 4 is 38.9 Å². The predicted octanol–water partition coefficient (Wildman–Crippen LogP) is 4.11. The van der Waals surface area contributed by atoms with Gasteiger partial charge in [0.05, 0.1) is 17.8 Å². The zero-order chi connectivity index (χ0) is 18.2. The van der Waals surface area contributed by atoms with E-state index >= 15 is 0 Å². The van der Waals surface area contributed by atoms with Gasteiger partial charge in [-0.3, -0.25) is 9.48 Å². The molecule has 0 spiro atoms. The molecule has 136 valence electrons. The molecule has 11 heteroatoms. The number of hydrogen-bond acceptors (Lipinski definition) is 5. The summed E-state index contributed by atoms with van der Waals surface area (Å²) >= 11 is 4.28. The Morgan fingerprint density at radius 3 is 2.80 bits per heavy atom. The smallest absolute Gasteiger partial charge is 0.378 e. The summed E-state index contributed by atoms with van der Waals surface area (Å²) in [6.45, 7) is 2.43. The number of carbonyl (C=O) groups excluding carboxylic acids is 1. The molecule has 0 aromatic carbocycles. The first-order valence-corrected chi connectivity index (χ1v) is 9.15. The summed E-state index contributed by atoms with van der Waals surface area (Å²) in [5.41, 5.74) is -1.45. The van der Waals surface area contributed by atoms with Gasteiger partial charge in [0.2, 0.25) is 0 Å². The molecule has 1 saturated carbocycles. The Labute approximate surface area is 153 Å². The van der Waals surface area contributed by atoms with Gasteiger partial charge in [-0.1, -0.05) is 0 Å². The average Bonchev–Trinajstić information content (AvgIpc) is 3.08. The summed E-state index contributed by atoms with van der Waals surface area (Å²) in [7, 11) is 0. The first kappa shape index (κ1) is 18.3. The molecule has 6 nitrogen and oxygen atoms in total. The Bertz CT molecular complexity index is 770. The van der Waals surface area contributed by atoms with Crippen LogP contribution in [0.3, 0.4) is 0 Å². The van der Waals surface area contributed by atoms with Crippen molar-refractivity contribution < 1.29 is 22.7 Å². The minimum absolute atomic E-state index is 0.0396. The quantitative estimate of drug-likeness (QED) is 0.762. The van der Waals surface area contributed by atoms with Gasteiger partial charge >= 0.3 is 6.18 Å². The zero-order valence-corrected chi connectivity index (χ0v) is 15.4. The van der Waals surface area contributed by atoms with Crippen LogP contribution in [-0.2, 0) is 10.9 Å². The van der Waals surface area contributed by atoms with E-state index in [9.17, 15) is 18.0 Å². The van der Waals surface area contributed by atoms with Crippen LogP contribution < -0.4 is 5.32 Å². The van der Waals surface area contributed by atoms with Crippen LogP contribution in [0.15, 0.2) is 15.5 Å². The summed E-state index contributed by atoms with van der Waals surface area (Å²) in [4.78, 5) is 16.0. The molecule has 1 aliphatic rings. The van der Waals surface area contributed by atoms with E-state index < -0.39 is 17.8 Å². The van der Waals surface area contributed by atoms with Crippen molar-refractivity contribution in [3.05, 3.63) is 26.9 Å². The van der Waals surface area contributed by atoms with Crippen molar-refractivity contribution in [3.63, 3.8) is 0 Å². The highest BCUT2D eigenvalue weighted by Gasteiger charge is 2.40. The highest BCUT2D eigenvalue weighted by molar-refractivity contribution is 9.11. The number of alkyl halides is 3. The molecule has 0 atom stereocenters. The van der Waals surface area contributed by atoms with E-state index in [0.29, 0.717) is 23.4 Å². The topological polar surface area (TPSA) is 69.0 Å². The minimum atomic E-state index is -4.67. The Balaban J connectivity index is 1.79. The molecule has 1 fully saturated rings. The molecule has 25 heavy (non-hydrogen) atoms. The van der Waals surface area contributed by atoms with Crippen LogP contribution in [0.5, 0.6) is 0 Å². The lowest BCUT2D eigenvalue weighted by Gasteiger charge is -2.34. The summed E-state index contributed by atoms with van der Waals surface area (Å²) in [5, 5.41) is 7.35. The van der Waals surface area contributed by atoms with E-state index in [4.69, 9.17) is 4.74 Å². The summed E-state index contributed by atoms with van der Waals surface area (Å²) in [5.74, 6) is -0.715. The number of hydrogen-bond donors (Lipinski definition) is 1. The van der Waals surface area contributed by atoms with Crippen LogP contribution >= 0.6 is 27.3 Å². The third-order valence-corrected chi connectivity index (χ3v) is 5.17. The van der Waals surface area contributed by atoms with Gasteiger partial charge in [0, 0.05) is 18.2 Å². The first-order chi connectivity index (χ1) is 11.8. The maximum atomic E-state index is 13.2. The number of nitrogens with one attached hydrogen (secondary N) is 1. The Hall–Kier alpha value is -1.46. The monoisotopic (exact) mass is 438 g/mol. The van der Waals surface area contributed by atoms with Crippen LogP contribution in [0.25, 0.3) is 0 Å². The normalized spacial score (nSPS) is 20.4. The molecular weight excluding hydrogens is 425 g/mol. The van der Waals surface area contributed by atoms with Crippen molar-refractivity contribution in [1.29, 1.82) is 0 Å². The van der Waals surface area contributed by atoms with E-state index in [1.807, 2.05) is 6.92 Å². The van der Waals surface area contributed by atoms with Crippen molar-refractivity contribution in [2.75, 3.05) is 11.9 Å². The summed E-state index contributed by atoms with van der Waals surface area (Å²) in [6.07, 6.45) is -2.22. The van der Waals surface area contributed by atoms with Gasteiger partial charge in [0.1, 0.15) is 5.69 Å². The Kier molecular flexibility index (Phi) is 5.16. The second-order valence-electron chi connectivity index (χ2n) is 5.51. The summed E-state index contributed by atoms with van der Waals surface area (Å²) < 4.78 is 46.8. The molecule has 1 N–H and O–H groups in total. The third-order valence-electron chi connectivity index (χ3n) is 3.80. The molecule has 1 aliphatic carbocycles. The number of thiazole rings is 1. The maximum Gasteiger partial charge on any atom is 0.437 e. The van der Waals surface area contributed by atoms with Crippen molar-refractivity contribution in [2.24, 2.45) is 0 Å². The maximum absolute atomic E-state index is 13.2. The molecule has 0 bridgehead atoms. The predicted molar refractivity (Wildman–Crippen MR) is 88.7 cm³/mol. The Morgan fingerprint density at radius 2 is 2.24 bits per heavy atom. The van der Waals surface area contributed by atoms with E-state index in [1.54, 1.807) is 0 Å². The van der Waals surface area contributed by atoms with Gasteiger partial charge < -0.3 is 10.1 Å². The minimum Gasteiger partial charge on any atom is -0.378 e. The number of amides is 1. The highest BCUT2D eigenvalue weighted by Crippen LogP contribution is 2.39. The number of rotatable bonds is 5. The third kappa shape index (κ3) is 4.04. The lowest BCUT2D eigenvalue weighted by atomic mass is 9.89. The zero-order valence-electron chi connectivity index (χ0n) is 13.0. The van der Waals surface area contributed by atoms with E-state index in [2.05, 4.69) is 31.3 Å². The first-order valence-electron chi connectivity index (χ1n) is 7.48. The van der Waals surface area contributed by atoms with Crippen LogP contribution in [0, 0.1) is 0 Å². The molecule has 0 unspecified atom stereocenters. The second kappa shape index (κ2) is 7.04. The Morgan fingerprint density at radius 1 is 1.52 bits per heavy atom. The molecule has 0 aliphatic heterocycles. The van der Waals surface area contributed by atoms with E-state index in [0.717, 1.165) is 0 Å². The molecular formula is C14H14BrF3N4O2S. The molecule has 0 radical (unpaired) electrons. The van der Waals surface area contributed by atoms with Crippen molar-refractivity contribution in [1.82, 2.24) is 14.8 Å². The number of halogens is 4. The number of carbonyl (C=O) groups is 1. The second-order valence-corrected chi connectivity index (χ2v) is 7.65. The lowest BCUT2D eigenvalue weighted by Crippen LogP contribution is -2.33. The van der Waals surface area contributed by atoms with Gasteiger partial charge in [0.15, 0.2) is 9.61 Å². The fraction of sp³-hybridized carbons (Fsp3) is 0.500. The fourth-order valence-electron chi connectivity index (χ4n) is 2.55. The highest BCUT2D eigenvalue weighted by atomic mass is 79.9. The standard InChI is InChI=1S/C14H14BrF3N4O2S/c1-2-24-8-3-7(4-8)22-5-9(11(21-22)14(16,17)18)19-12(23)10-6-25-13(15)20-10/h5-8H,2-4H2,1H3,(H,19,23). The number of anilines is 1. The molecule has 0 saturated heterocycles. The SMILES string of the molecule is CCOC1CC(n2cc(NC(=O)c3csc(Br)n3)c(C(F)(F)F)n2)C1. The average molecular weight is 439 g/mol. The van der Waals surface area contributed by atoms with Gasteiger partial charge in [-0.2, -0.15) is 18.3 Å². The van der Waals surface area contributed by atoms with Crippen LogP contribution in [0.1, 0.15) is 42.0 Å². The van der Waals surface area contributed by atoms with Crippen LogP contribution in [0.4, 0.5) is 18.9 Å². The van der Waals surface area contributed by atoms with Gasteiger partial charge in [-0.25, -0.2) is 4.98 Å². The number of aromatic nitrogens is 3. The van der Waals surface area contributed by atoms with Crippen LogP contribution in [0.2, 0.25) is 0 Å². The number of ether oxygens (including phenoxy) is 1.